The standard InChI is InChI=1S/C20H25N7/c1-13(2)20-26-25-18(27(20)3)12-23-19-16(11-22)15(10-21)14-8-6-4-5-7-9-17(14)24-19/h13H,4-9,12H2,1-3H3,(H,23,24). The molecule has 7 nitrogen and oxygen atoms in total. The number of hydrogen-bond acceptors (Lipinski definition) is 6. The average molecular weight is 363 g/mol. The minimum absolute atomic E-state index is 0.283. The molecule has 0 spiro atoms. The van der Waals surface area contributed by atoms with Crippen LogP contribution in [0.2, 0.25) is 0 Å². The lowest BCUT2D eigenvalue weighted by molar-refractivity contribution is 0.608. The van der Waals surface area contributed by atoms with E-state index in [4.69, 9.17) is 4.98 Å². The van der Waals surface area contributed by atoms with Crippen molar-refractivity contribution in [1.29, 1.82) is 10.5 Å². The summed E-state index contributed by atoms with van der Waals surface area (Å²) in [5, 5.41) is 31.1. The first kappa shape index (κ1) is 18.8. The van der Waals surface area contributed by atoms with Crippen molar-refractivity contribution in [1.82, 2.24) is 19.7 Å². The summed E-state index contributed by atoms with van der Waals surface area (Å²) in [6, 6.07) is 4.44. The summed E-state index contributed by atoms with van der Waals surface area (Å²) in [7, 11) is 1.94. The minimum atomic E-state index is 0.283. The van der Waals surface area contributed by atoms with Crippen molar-refractivity contribution >= 4 is 5.82 Å². The Bertz CT molecular complexity index is 912. The summed E-state index contributed by atoms with van der Waals surface area (Å²) in [5.41, 5.74) is 2.73. The molecule has 1 N–H and O–H groups in total. The number of rotatable bonds is 4. The van der Waals surface area contributed by atoms with Gasteiger partial charge in [-0.05, 0) is 31.2 Å². The topological polar surface area (TPSA) is 103 Å². The molecule has 2 heterocycles. The Morgan fingerprint density at radius 2 is 1.74 bits per heavy atom. The molecular weight excluding hydrogens is 338 g/mol. The molecule has 0 amide bonds. The number of hydrogen-bond donors (Lipinski definition) is 1. The molecule has 2 aromatic heterocycles. The molecule has 0 bridgehead atoms. The van der Waals surface area contributed by atoms with E-state index in [1.165, 1.54) is 6.42 Å². The maximum Gasteiger partial charge on any atom is 0.152 e. The number of pyridine rings is 1. The van der Waals surface area contributed by atoms with Gasteiger partial charge in [0.15, 0.2) is 5.82 Å². The summed E-state index contributed by atoms with van der Waals surface area (Å²) in [6.07, 6.45) is 6.13. The Balaban J connectivity index is 1.94. The van der Waals surface area contributed by atoms with Crippen LogP contribution in [0.15, 0.2) is 0 Å². The monoisotopic (exact) mass is 363 g/mol. The van der Waals surface area contributed by atoms with Crippen LogP contribution in [0, 0.1) is 22.7 Å². The summed E-state index contributed by atoms with van der Waals surface area (Å²) in [5.74, 6) is 2.44. The van der Waals surface area contributed by atoms with E-state index in [9.17, 15) is 10.5 Å². The van der Waals surface area contributed by atoms with Crippen LogP contribution in [0.25, 0.3) is 0 Å². The van der Waals surface area contributed by atoms with E-state index in [0.717, 1.165) is 55.0 Å². The van der Waals surface area contributed by atoms with Gasteiger partial charge in [0.1, 0.15) is 29.3 Å². The smallest absolute Gasteiger partial charge is 0.152 e. The van der Waals surface area contributed by atoms with Crippen molar-refractivity contribution in [3.63, 3.8) is 0 Å². The van der Waals surface area contributed by atoms with Gasteiger partial charge < -0.3 is 9.88 Å². The van der Waals surface area contributed by atoms with E-state index in [0.29, 0.717) is 23.5 Å². The van der Waals surface area contributed by atoms with Crippen molar-refractivity contribution < 1.29 is 0 Å². The molecule has 0 radical (unpaired) electrons. The quantitative estimate of drug-likeness (QED) is 0.893. The number of nitrogens with zero attached hydrogens (tertiary/aromatic N) is 6. The van der Waals surface area contributed by atoms with Crippen molar-refractivity contribution in [2.24, 2.45) is 7.05 Å². The molecule has 0 saturated carbocycles. The molecule has 27 heavy (non-hydrogen) atoms. The number of aryl methyl sites for hydroxylation is 1. The van der Waals surface area contributed by atoms with Crippen LogP contribution in [0.1, 0.15) is 79.5 Å². The third-order valence-electron chi connectivity index (χ3n) is 5.13. The highest BCUT2D eigenvalue weighted by molar-refractivity contribution is 5.63. The van der Waals surface area contributed by atoms with Gasteiger partial charge >= 0.3 is 0 Å². The summed E-state index contributed by atoms with van der Waals surface area (Å²) in [4.78, 5) is 4.74. The third kappa shape index (κ3) is 3.78. The Hall–Kier alpha value is -2.93. The van der Waals surface area contributed by atoms with Gasteiger partial charge in [0.05, 0.1) is 12.1 Å². The van der Waals surface area contributed by atoms with Crippen LogP contribution in [-0.2, 0) is 26.4 Å². The Morgan fingerprint density at radius 1 is 1.04 bits per heavy atom. The molecule has 0 aromatic carbocycles. The molecule has 3 rings (SSSR count). The van der Waals surface area contributed by atoms with Gasteiger partial charge in [-0.25, -0.2) is 4.98 Å². The summed E-state index contributed by atoms with van der Waals surface area (Å²) >= 11 is 0. The molecule has 140 valence electrons. The summed E-state index contributed by atoms with van der Waals surface area (Å²) < 4.78 is 1.96. The SMILES string of the molecule is CC(C)c1nnc(CNc2nc3c(c(C#N)c2C#N)CCCCCC3)n1C. The van der Waals surface area contributed by atoms with E-state index >= 15 is 0 Å². The number of aromatic nitrogens is 4. The number of nitrogens with one attached hydrogen (secondary N) is 1. The van der Waals surface area contributed by atoms with Gasteiger partial charge in [-0.15, -0.1) is 10.2 Å². The molecule has 2 aromatic rings. The van der Waals surface area contributed by atoms with Crippen LogP contribution < -0.4 is 5.32 Å². The molecule has 1 aliphatic rings. The van der Waals surface area contributed by atoms with Gasteiger partial charge in [0.25, 0.3) is 0 Å². The fourth-order valence-electron chi connectivity index (χ4n) is 3.65. The number of fused-ring (bicyclic) bond motifs is 1. The largest absolute Gasteiger partial charge is 0.362 e. The van der Waals surface area contributed by atoms with Crippen molar-refractivity contribution in [2.75, 3.05) is 5.32 Å². The fourth-order valence-corrected chi connectivity index (χ4v) is 3.65. The van der Waals surface area contributed by atoms with Crippen LogP contribution in [0.5, 0.6) is 0 Å². The normalized spacial score (nSPS) is 14.0. The molecule has 1 aliphatic carbocycles. The highest BCUT2D eigenvalue weighted by atomic mass is 15.3. The van der Waals surface area contributed by atoms with Crippen LogP contribution in [-0.4, -0.2) is 19.7 Å². The molecule has 0 aliphatic heterocycles. The second-order valence-electron chi connectivity index (χ2n) is 7.32. The summed E-state index contributed by atoms with van der Waals surface area (Å²) in [6.45, 7) is 4.55. The lowest BCUT2D eigenvalue weighted by atomic mass is 9.92. The first-order valence-electron chi connectivity index (χ1n) is 9.54. The number of nitriles is 2. The first-order valence-corrected chi connectivity index (χ1v) is 9.54. The number of anilines is 1. The van der Waals surface area contributed by atoms with Gasteiger partial charge in [0, 0.05) is 18.7 Å². The van der Waals surface area contributed by atoms with E-state index in [1.54, 1.807) is 0 Å². The predicted octanol–water partition coefficient (Wildman–Crippen LogP) is 3.35. The van der Waals surface area contributed by atoms with Crippen molar-refractivity contribution in [3.8, 4) is 12.1 Å². The van der Waals surface area contributed by atoms with E-state index in [2.05, 4.69) is 41.5 Å². The zero-order valence-corrected chi connectivity index (χ0v) is 16.2. The molecule has 0 saturated heterocycles. The Kier molecular flexibility index (Phi) is 5.71. The van der Waals surface area contributed by atoms with Gasteiger partial charge in [-0.2, -0.15) is 10.5 Å². The van der Waals surface area contributed by atoms with E-state index in [1.807, 2.05) is 11.6 Å². The van der Waals surface area contributed by atoms with Crippen LogP contribution in [0.3, 0.4) is 0 Å². The van der Waals surface area contributed by atoms with Crippen LogP contribution >= 0.6 is 0 Å². The minimum Gasteiger partial charge on any atom is -0.362 e. The molecule has 0 unspecified atom stereocenters. The van der Waals surface area contributed by atoms with Crippen molar-refractivity contribution in [2.45, 2.75) is 64.8 Å². The zero-order chi connectivity index (χ0) is 19.4. The highest BCUT2D eigenvalue weighted by Gasteiger charge is 2.21. The second-order valence-corrected chi connectivity index (χ2v) is 7.32. The molecular formula is C20H25N7. The van der Waals surface area contributed by atoms with Gasteiger partial charge in [-0.3, -0.25) is 0 Å². The maximum absolute atomic E-state index is 9.70. The van der Waals surface area contributed by atoms with Crippen LogP contribution in [0.4, 0.5) is 5.82 Å². The Labute approximate surface area is 160 Å². The average Bonchev–Trinajstić information content (AvgIpc) is 3.00. The van der Waals surface area contributed by atoms with Gasteiger partial charge in [-0.1, -0.05) is 26.7 Å². The lowest BCUT2D eigenvalue weighted by Gasteiger charge is -2.18. The molecule has 7 heteroatoms. The predicted molar refractivity (Wildman–Crippen MR) is 102 cm³/mol. The zero-order valence-electron chi connectivity index (χ0n) is 16.2. The second kappa shape index (κ2) is 8.18. The van der Waals surface area contributed by atoms with E-state index in [-0.39, 0.29) is 5.92 Å². The fraction of sp³-hybridized carbons (Fsp3) is 0.550. The highest BCUT2D eigenvalue weighted by Crippen LogP contribution is 2.28. The Morgan fingerprint density at radius 3 is 2.37 bits per heavy atom. The maximum atomic E-state index is 9.70. The van der Waals surface area contributed by atoms with Gasteiger partial charge in [0.2, 0.25) is 0 Å². The molecule has 0 fully saturated rings. The third-order valence-corrected chi connectivity index (χ3v) is 5.13. The lowest BCUT2D eigenvalue weighted by Crippen LogP contribution is -2.14. The van der Waals surface area contributed by atoms with E-state index < -0.39 is 0 Å². The molecule has 0 atom stereocenters. The first-order chi connectivity index (χ1) is 13.1. The van der Waals surface area contributed by atoms with Crippen molar-refractivity contribution in [3.05, 3.63) is 34.0 Å².